The van der Waals surface area contributed by atoms with Crippen molar-refractivity contribution in [3.63, 3.8) is 0 Å². The van der Waals surface area contributed by atoms with Crippen molar-refractivity contribution in [1.82, 2.24) is 5.32 Å². The summed E-state index contributed by atoms with van der Waals surface area (Å²) in [5, 5.41) is 11.4. The zero-order valence-electron chi connectivity index (χ0n) is 11.3. The summed E-state index contributed by atoms with van der Waals surface area (Å²) >= 11 is 4.93. The molecular weight excluding hydrogens is 342 g/mol. The van der Waals surface area contributed by atoms with E-state index in [0.29, 0.717) is 18.9 Å². The minimum atomic E-state index is -0.772. The Labute approximate surface area is 131 Å². The fourth-order valence-electron chi connectivity index (χ4n) is 1.59. The van der Waals surface area contributed by atoms with Crippen molar-refractivity contribution < 1.29 is 14.7 Å². The summed E-state index contributed by atoms with van der Waals surface area (Å²) in [6.07, 6.45) is 4.91. The zero-order chi connectivity index (χ0) is 15.0. The quantitative estimate of drug-likeness (QED) is 0.697. The molecule has 0 saturated carbocycles. The number of hydrogen-bond acceptors (Lipinski definition) is 3. The number of halogens is 1. The van der Waals surface area contributed by atoms with Gasteiger partial charge < -0.3 is 10.4 Å². The smallest absolute Gasteiger partial charge is 0.303 e. The summed E-state index contributed by atoms with van der Waals surface area (Å²) in [6.45, 7) is 2.56. The molecule has 2 N–H and O–H groups in total. The molecule has 4 nitrogen and oxygen atoms in total. The van der Waals surface area contributed by atoms with E-state index in [0.717, 1.165) is 15.1 Å². The van der Waals surface area contributed by atoms with E-state index in [1.54, 1.807) is 17.4 Å². The topological polar surface area (TPSA) is 66.4 Å². The summed E-state index contributed by atoms with van der Waals surface area (Å²) in [6, 6.07) is 3.87. The van der Waals surface area contributed by atoms with Gasteiger partial charge in [-0.05, 0) is 52.9 Å². The second-order valence-electron chi connectivity index (χ2n) is 4.59. The third-order valence-corrected chi connectivity index (χ3v) is 4.37. The molecular formula is C14H18BrNO3S. The van der Waals surface area contributed by atoms with Gasteiger partial charge in [0.1, 0.15) is 0 Å². The molecule has 0 saturated heterocycles. The Bertz CT molecular complexity index is 485. The van der Waals surface area contributed by atoms with Crippen LogP contribution < -0.4 is 5.32 Å². The predicted octanol–water partition coefficient (Wildman–Crippen LogP) is 3.53. The van der Waals surface area contributed by atoms with Crippen LogP contribution >= 0.6 is 27.3 Å². The second-order valence-corrected chi connectivity index (χ2v) is 7.09. The van der Waals surface area contributed by atoms with Gasteiger partial charge in [0.2, 0.25) is 5.91 Å². The summed E-state index contributed by atoms with van der Waals surface area (Å²) in [5.41, 5.74) is 0. The molecule has 20 heavy (non-hydrogen) atoms. The van der Waals surface area contributed by atoms with Crippen LogP contribution in [0.5, 0.6) is 0 Å². The fraction of sp³-hybridized carbons (Fsp3) is 0.429. The van der Waals surface area contributed by atoms with Crippen molar-refractivity contribution in [2.75, 3.05) is 6.54 Å². The number of nitrogens with one attached hydrogen (secondary N) is 1. The summed E-state index contributed by atoms with van der Waals surface area (Å²) in [7, 11) is 0. The van der Waals surface area contributed by atoms with Crippen LogP contribution in [0, 0.1) is 5.92 Å². The van der Waals surface area contributed by atoms with Crippen LogP contribution in [0.1, 0.15) is 31.1 Å². The molecule has 0 aliphatic heterocycles. The average molecular weight is 360 g/mol. The molecule has 1 unspecified atom stereocenters. The Kier molecular flexibility index (Phi) is 7.54. The van der Waals surface area contributed by atoms with Crippen molar-refractivity contribution in [1.29, 1.82) is 0 Å². The van der Waals surface area contributed by atoms with Gasteiger partial charge in [-0.1, -0.05) is 6.92 Å². The number of carboxylic acids is 1. The van der Waals surface area contributed by atoms with E-state index in [2.05, 4.69) is 21.2 Å². The first-order chi connectivity index (χ1) is 9.47. The first-order valence-electron chi connectivity index (χ1n) is 6.40. The fourth-order valence-corrected chi connectivity index (χ4v) is 2.92. The number of carbonyl (C=O) groups is 2. The molecule has 1 aromatic rings. The number of aliphatic carboxylic acids is 1. The molecule has 1 amide bonds. The van der Waals surface area contributed by atoms with E-state index in [-0.39, 0.29) is 12.3 Å². The Morgan fingerprint density at radius 3 is 2.80 bits per heavy atom. The number of rotatable bonds is 8. The van der Waals surface area contributed by atoms with Gasteiger partial charge in [0.25, 0.3) is 0 Å². The normalized spacial score (nSPS) is 12.5. The van der Waals surface area contributed by atoms with E-state index >= 15 is 0 Å². The number of amides is 1. The molecule has 0 fully saturated rings. The maximum Gasteiger partial charge on any atom is 0.303 e. The predicted molar refractivity (Wildman–Crippen MR) is 84.7 cm³/mol. The van der Waals surface area contributed by atoms with Crippen molar-refractivity contribution in [2.45, 2.75) is 26.2 Å². The SMILES string of the molecule is CC(CCNC(=O)C=Cc1ccc(Br)s1)CCC(=O)O. The number of hydrogen-bond donors (Lipinski definition) is 2. The van der Waals surface area contributed by atoms with Crippen molar-refractivity contribution in [3.8, 4) is 0 Å². The lowest BCUT2D eigenvalue weighted by Crippen LogP contribution is -2.23. The van der Waals surface area contributed by atoms with Gasteiger partial charge in [-0.3, -0.25) is 9.59 Å². The minimum absolute atomic E-state index is 0.125. The molecule has 0 spiro atoms. The van der Waals surface area contributed by atoms with Crippen molar-refractivity contribution in [2.24, 2.45) is 5.92 Å². The molecule has 1 heterocycles. The Hall–Kier alpha value is -1.14. The monoisotopic (exact) mass is 359 g/mol. The molecule has 6 heteroatoms. The van der Waals surface area contributed by atoms with Crippen molar-refractivity contribution in [3.05, 3.63) is 26.9 Å². The standard InChI is InChI=1S/C14H18BrNO3S/c1-10(2-7-14(18)19)8-9-16-13(17)6-4-11-3-5-12(15)20-11/h3-6,10H,2,7-9H2,1H3,(H,16,17)(H,18,19). The summed E-state index contributed by atoms with van der Waals surface area (Å²) in [4.78, 5) is 23.0. The first-order valence-corrected chi connectivity index (χ1v) is 8.01. The Morgan fingerprint density at radius 2 is 2.20 bits per heavy atom. The summed E-state index contributed by atoms with van der Waals surface area (Å²) < 4.78 is 1.03. The highest BCUT2D eigenvalue weighted by Crippen LogP contribution is 2.22. The van der Waals surface area contributed by atoms with E-state index in [9.17, 15) is 9.59 Å². The molecule has 0 radical (unpaired) electrons. The molecule has 0 aliphatic rings. The molecule has 1 rings (SSSR count). The van der Waals surface area contributed by atoms with E-state index in [1.165, 1.54) is 6.08 Å². The maximum atomic E-state index is 11.6. The van der Waals surface area contributed by atoms with Crippen LogP contribution in [-0.4, -0.2) is 23.5 Å². The number of thiophene rings is 1. The van der Waals surface area contributed by atoms with Gasteiger partial charge in [0, 0.05) is 23.9 Å². The number of carboxylic acid groups (broad SMARTS) is 1. The van der Waals surface area contributed by atoms with Crippen LogP contribution in [0.2, 0.25) is 0 Å². The highest BCUT2D eigenvalue weighted by atomic mass is 79.9. The Morgan fingerprint density at radius 1 is 1.45 bits per heavy atom. The highest BCUT2D eigenvalue weighted by Gasteiger charge is 2.05. The Balaban J connectivity index is 2.20. The van der Waals surface area contributed by atoms with Crippen LogP contribution in [0.3, 0.4) is 0 Å². The van der Waals surface area contributed by atoms with Crippen molar-refractivity contribution >= 4 is 45.2 Å². The van der Waals surface area contributed by atoms with E-state index in [1.807, 2.05) is 19.1 Å². The van der Waals surface area contributed by atoms with Gasteiger partial charge in [0.05, 0.1) is 3.79 Å². The van der Waals surface area contributed by atoms with E-state index in [4.69, 9.17) is 5.11 Å². The molecule has 1 aromatic heterocycles. The molecule has 0 aliphatic carbocycles. The zero-order valence-corrected chi connectivity index (χ0v) is 13.7. The van der Waals surface area contributed by atoms with Gasteiger partial charge in [-0.25, -0.2) is 0 Å². The average Bonchev–Trinajstić information content (AvgIpc) is 2.80. The van der Waals surface area contributed by atoms with Gasteiger partial charge in [0.15, 0.2) is 0 Å². The first kappa shape index (κ1) is 16.9. The summed E-state index contributed by atoms with van der Waals surface area (Å²) in [5.74, 6) is -0.602. The lowest BCUT2D eigenvalue weighted by molar-refractivity contribution is -0.137. The number of carbonyl (C=O) groups excluding carboxylic acids is 1. The van der Waals surface area contributed by atoms with Crippen LogP contribution in [0.15, 0.2) is 22.0 Å². The largest absolute Gasteiger partial charge is 0.481 e. The van der Waals surface area contributed by atoms with Crippen LogP contribution in [0.25, 0.3) is 6.08 Å². The maximum absolute atomic E-state index is 11.6. The molecule has 0 bridgehead atoms. The lowest BCUT2D eigenvalue weighted by Gasteiger charge is -2.09. The minimum Gasteiger partial charge on any atom is -0.481 e. The van der Waals surface area contributed by atoms with E-state index < -0.39 is 5.97 Å². The van der Waals surface area contributed by atoms with Gasteiger partial charge in [-0.2, -0.15) is 0 Å². The third kappa shape index (κ3) is 7.45. The van der Waals surface area contributed by atoms with Crippen LogP contribution in [-0.2, 0) is 9.59 Å². The molecule has 1 atom stereocenters. The molecule has 110 valence electrons. The highest BCUT2D eigenvalue weighted by molar-refractivity contribution is 9.11. The lowest BCUT2D eigenvalue weighted by atomic mass is 10.0. The van der Waals surface area contributed by atoms with Gasteiger partial charge in [-0.15, -0.1) is 11.3 Å². The van der Waals surface area contributed by atoms with Gasteiger partial charge >= 0.3 is 5.97 Å². The third-order valence-electron chi connectivity index (χ3n) is 2.78. The molecule has 0 aromatic carbocycles. The second kappa shape index (κ2) is 8.92. The van der Waals surface area contributed by atoms with Crippen LogP contribution in [0.4, 0.5) is 0 Å².